The molecule has 1 saturated carbocycles. The number of hydrogen-bond donors (Lipinski definition) is 1. The molecule has 0 unspecified atom stereocenters. The minimum Gasteiger partial charge on any atom is -0.362 e. The van der Waals surface area contributed by atoms with E-state index < -0.39 is 11.7 Å². The monoisotopic (exact) mass is 519 g/mol. The highest BCUT2D eigenvalue weighted by Gasteiger charge is 2.36. The molecule has 202 valence electrons. The van der Waals surface area contributed by atoms with E-state index in [2.05, 4.69) is 34.0 Å². The molecule has 37 heavy (non-hydrogen) atoms. The number of nitrogens with zero attached hydrogens (tertiary/aromatic N) is 4. The Hall–Kier alpha value is -2.75. The summed E-state index contributed by atoms with van der Waals surface area (Å²) < 4.78 is 39.3. The molecule has 0 spiro atoms. The van der Waals surface area contributed by atoms with E-state index in [1.54, 1.807) is 6.92 Å². The summed E-state index contributed by atoms with van der Waals surface area (Å²) in [5, 5.41) is 3.17. The lowest BCUT2D eigenvalue weighted by atomic mass is 9.82. The van der Waals surface area contributed by atoms with Crippen molar-refractivity contribution >= 4 is 28.4 Å². The van der Waals surface area contributed by atoms with E-state index in [1.807, 2.05) is 4.90 Å². The zero-order valence-electron chi connectivity index (χ0n) is 21.7. The number of ketones is 1. The van der Waals surface area contributed by atoms with Gasteiger partial charge in [0, 0.05) is 50.4 Å². The number of halogens is 3. The second-order valence-corrected chi connectivity index (χ2v) is 10.8. The molecule has 2 heterocycles. The molecule has 1 amide bonds. The van der Waals surface area contributed by atoms with Crippen LogP contribution in [0.2, 0.25) is 0 Å². The van der Waals surface area contributed by atoms with Crippen molar-refractivity contribution in [3.63, 3.8) is 0 Å². The topological polar surface area (TPSA) is 78.4 Å². The van der Waals surface area contributed by atoms with Crippen LogP contribution >= 0.6 is 0 Å². The van der Waals surface area contributed by atoms with Crippen LogP contribution in [0, 0.1) is 11.8 Å². The van der Waals surface area contributed by atoms with E-state index in [0.717, 1.165) is 57.5 Å². The van der Waals surface area contributed by atoms with Gasteiger partial charge in [-0.2, -0.15) is 13.2 Å². The number of rotatable bonds is 9. The van der Waals surface area contributed by atoms with Crippen LogP contribution in [0.3, 0.4) is 0 Å². The Kier molecular flexibility index (Phi) is 8.36. The van der Waals surface area contributed by atoms with Gasteiger partial charge in [-0.15, -0.1) is 0 Å². The Bertz CT molecular complexity index is 1110. The van der Waals surface area contributed by atoms with Gasteiger partial charge < -0.3 is 10.2 Å². The highest BCUT2D eigenvalue weighted by Crippen LogP contribution is 2.34. The van der Waals surface area contributed by atoms with Gasteiger partial charge in [0.2, 0.25) is 5.91 Å². The Balaban J connectivity index is 1.21. The summed E-state index contributed by atoms with van der Waals surface area (Å²) in [6.07, 6.45) is 1.74. The highest BCUT2D eigenvalue weighted by atomic mass is 19.4. The molecule has 1 aromatic heterocycles. The number of fused-ring (bicyclic) bond motifs is 1. The molecule has 1 aliphatic carbocycles. The fourth-order valence-corrected chi connectivity index (χ4v) is 5.66. The maximum absolute atomic E-state index is 13.1. The van der Waals surface area contributed by atoms with Crippen molar-refractivity contribution in [1.82, 2.24) is 19.8 Å². The molecular formula is C27H36F3N5O2. The number of alkyl halides is 3. The number of Topliss-reactive ketones (excluding diaryl/α,β-unsaturated/α-hetero) is 1. The molecule has 0 bridgehead atoms. The van der Waals surface area contributed by atoms with Crippen LogP contribution in [0.1, 0.15) is 58.4 Å². The summed E-state index contributed by atoms with van der Waals surface area (Å²) >= 11 is 0. The fraction of sp³-hybridized carbons (Fsp3) is 0.630. The Labute approximate surface area is 215 Å². The minimum absolute atomic E-state index is 0.0186. The van der Waals surface area contributed by atoms with Gasteiger partial charge >= 0.3 is 6.18 Å². The second-order valence-electron chi connectivity index (χ2n) is 10.8. The van der Waals surface area contributed by atoms with Crippen molar-refractivity contribution < 1.29 is 22.8 Å². The molecule has 4 rings (SSSR count). The average Bonchev–Trinajstić information content (AvgIpc) is 2.82. The van der Waals surface area contributed by atoms with Crippen LogP contribution in [-0.4, -0.2) is 69.7 Å². The van der Waals surface area contributed by atoms with E-state index in [1.165, 1.54) is 12.4 Å². The van der Waals surface area contributed by atoms with Crippen LogP contribution in [0.15, 0.2) is 24.5 Å². The lowest BCUT2D eigenvalue weighted by molar-refractivity contribution is -0.137. The Morgan fingerprint density at radius 2 is 1.81 bits per heavy atom. The number of likely N-dealkylation sites (tertiary alicyclic amines) is 1. The number of hydrogen-bond acceptors (Lipinski definition) is 6. The molecule has 7 nitrogen and oxygen atoms in total. The van der Waals surface area contributed by atoms with Gasteiger partial charge in [-0.25, -0.2) is 9.97 Å². The molecule has 2 aliphatic rings. The van der Waals surface area contributed by atoms with E-state index >= 15 is 0 Å². The molecule has 0 atom stereocenters. The van der Waals surface area contributed by atoms with Gasteiger partial charge in [-0.3, -0.25) is 14.5 Å². The molecular weight excluding hydrogens is 483 g/mol. The van der Waals surface area contributed by atoms with Crippen molar-refractivity contribution in [3.05, 3.63) is 30.1 Å². The summed E-state index contributed by atoms with van der Waals surface area (Å²) in [5.41, 5.74) is -0.385. The zero-order valence-corrected chi connectivity index (χ0v) is 21.7. The van der Waals surface area contributed by atoms with Crippen molar-refractivity contribution in [1.29, 1.82) is 0 Å². The van der Waals surface area contributed by atoms with Crippen LogP contribution in [0.5, 0.6) is 0 Å². The molecule has 10 heteroatoms. The predicted octanol–water partition coefficient (Wildman–Crippen LogP) is 4.77. The summed E-state index contributed by atoms with van der Waals surface area (Å²) in [6, 6.07) is 4.09. The number of anilines is 1. The molecule has 1 aliphatic heterocycles. The first kappa shape index (κ1) is 27.3. The van der Waals surface area contributed by atoms with Crippen molar-refractivity contribution in [2.45, 2.75) is 71.1 Å². The largest absolute Gasteiger partial charge is 0.416 e. The van der Waals surface area contributed by atoms with Gasteiger partial charge in [-0.1, -0.05) is 0 Å². The van der Waals surface area contributed by atoms with E-state index in [0.29, 0.717) is 29.8 Å². The number of carbonyl (C=O) groups excluding carboxylic acids is 2. The SMILES string of the molecule is CC(=O)N(CC1CCC(N2CC(CC(=O)CNc3ncnc4ccc(C(F)(F)F)cc34)C2)CC1)C(C)C. The second kappa shape index (κ2) is 11.3. The smallest absolute Gasteiger partial charge is 0.362 e. The van der Waals surface area contributed by atoms with Gasteiger partial charge in [-0.05, 0) is 69.6 Å². The lowest BCUT2D eigenvalue weighted by Crippen LogP contribution is -2.54. The number of aromatic nitrogens is 2. The lowest BCUT2D eigenvalue weighted by Gasteiger charge is -2.47. The van der Waals surface area contributed by atoms with Crippen molar-refractivity contribution in [2.75, 3.05) is 31.5 Å². The first-order valence-corrected chi connectivity index (χ1v) is 13.1. The van der Waals surface area contributed by atoms with Gasteiger partial charge in [0.25, 0.3) is 0 Å². The quantitative estimate of drug-likeness (QED) is 0.515. The molecule has 2 fully saturated rings. The third-order valence-corrected chi connectivity index (χ3v) is 7.73. The number of amides is 1. The third-order valence-electron chi connectivity index (χ3n) is 7.73. The molecule has 0 radical (unpaired) electrons. The van der Waals surface area contributed by atoms with Crippen molar-refractivity contribution in [2.24, 2.45) is 11.8 Å². The van der Waals surface area contributed by atoms with E-state index in [4.69, 9.17) is 0 Å². The summed E-state index contributed by atoms with van der Waals surface area (Å²) in [5.74, 6) is 1.25. The van der Waals surface area contributed by atoms with Gasteiger partial charge in [0.05, 0.1) is 17.6 Å². The number of carbonyl (C=O) groups is 2. The zero-order chi connectivity index (χ0) is 26.7. The van der Waals surface area contributed by atoms with Gasteiger partial charge in [0.15, 0.2) is 5.78 Å². The molecule has 1 saturated heterocycles. The summed E-state index contributed by atoms with van der Waals surface area (Å²) in [6.45, 7) is 8.42. The standard InChI is InChI=1S/C27H36F3N5O2/c1-17(2)35(18(3)36)15-19-4-7-22(8-5-19)34-13-20(14-34)10-23(37)12-31-26-24-11-21(27(28,29)30)6-9-25(24)32-16-33-26/h6,9,11,16-17,19-20,22H,4-5,7-8,10,12-15H2,1-3H3,(H,31,32,33). The first-order valence-electron chi connectivity index (χ1n) is 13.1. The summed E-state index contributed by atoms with van der Waals surface area (Å²) in [7, 11) is 0. The molecule has 1 aromatic carbocycles. The maximum atomic E-state index is 13.1. The average molecular weight is 520 g/mol. The molecule has 2 aromatic rings. The van der Waals surface area contributed by atoms with Crippen LogP contribution in [0.25, 0.3) is 10.9 Å². The van der Waals surface area contributed by atoms with Crippen LogP contribution < -0.4 is 5.32 Å². The van der Waals surface area contributed by atoms with E-state index in [-0.39, 0.29) is 35.5 Å². The Morgan fingerprint density at radius 1 is 1.11 bits per heavy atom. The fourth-order valence-electron chi connectivity index (χ4n) is 5.66. The first-order chi connectivity index (χ1) is 17.5. The van der Waals surface area contributed by atoms with Crippen molar-refractivity contribution in [3.8, 4) is 0 Å². The minimum atomic E-state index is -4.46. The maximum Gasteiger partial charge on any atom is 0.416 e. The molecule has 1 N–H and O–H groups in total. The van der Waals surface area contributed by atoms with Gasteiger partial charge in [0.1, 0.15) is 12.1 Å². The van der Waals surface area contributed by atoms with Crippen LogP contribution in [-0.2, 0) is 15.8 Å². The summed E-state index contributed by atoms with van der Waals surface area (Å²) in [4.78, 5) is 37.0. The Morgan fingerprint density at radius 3 is 2.43 bits per heavy atom. The van der Waals surface area contributed by atoms with Crippen LogP contribution in [0.4, 0.5) is 19.0 Å². The van der Waals surface area contributed by atoms with E-state index in [9.17, 15) is 22.8 Å². The third kappa shape index (κ3) is 6.77. The number of nitrogens with one attached hydrogen (secondary N) is 1. The predicted molar refractivity (Wildman–Crippen MR) is 136 cm³/mol. The normalized spacial score (nSPS) is 21.2. The number of benzene rings is 1. The highest BCUT2D eigenvalue weighted by molar-refractivity contribution is 5.91.